The van der Waals surface area contributed by atoms with E-state index in [0.29, 0.717) is 32.8 Å². The van der Waals surface area contributed by atoms with Gasteiger partial charge in [0.05, 0.1) is 25.8 Å². The molecule has 6 heteroatoms. The highest BCUT2D eigenvalue weighted by atomic mass is 16.5. The van der Waals surface area contributed by atoms with E-state index in [1.165, 1.54) is 5.56 Å². The SMILES string of the molecule is CN1/C(=C\C(=O)CN2CCCCC2C(=O)N2CCOCC2)C(C)(C)c2ccccc21. The van der Waals surface area contributed by atoms with Crippen LogP contribution in [0.2, 0.25) is 0 Å². The predicted octanol–water partition coefficient (Wildman–Crippen LogP) is 2.58. The Balaban J connectivity index is 1.49. The number of hydrogen-bond acceptors (Lipinski definition) is 5. The summed E-state index contributed by atoms with van der Waals surface area (Å²) >= 11 is 0. The summed E-state index contributed by atoms with van der Waals surface area (Å²) in [5, 5.41) is 0. The van der Waals surface area contributed by atoms with Crippen molar-refractivity contribution in [1.29, 1.82) is 0 Å². The van der Waals surface area contributed by atoms with Gasteiger partial charge in [0.15, 0.2) is 5.78 Å². The largest absolute Gasteiger partial charge is 0.378 e. The number of hydrogen-bond donors (Lipinski definition) is 0. The van der Waals surface area contributed by atoms with E-state index in [-0.39, 0.29) is 23.1 Å². The van der Waals surface area contributed by atoms with Crippen molar-refractivity contribution in [3.63, 3.8) is 0 Å². The van der Waals surface area contributed by atoms with Crippen LogP contribution in [0.25, 0.3) is 0 Å². The van der Waals surface area contributed by atoms with Crippen molar-refractivity contribution in [2.24, 2.45) is 0 Å². The first-order chi connectivity index (χ1) is 14.4. The number of para-hydroxylation sites is 1. The topological polar surface area (TPSA) is 53.1 Å². The highest BCUT2D eigenvalue weighted by molar-refractivity contribution is 5.94. The summed E-state index contributed by atoms with van der Waals surface area (Å²) in [4.78, 5) is 32.3. The van der Waals surface area contributed by atoms with Crippen molar-refractivity contribution >= 4 is 17.4 Å². The molecule has 1 unspecified atom stereocenters. The van der Waals surface area contributed by atoms with Gasteiger partial charge in [-0.15, -0.1) is 0 Å². The number of allylic oxidation sites excluding steroid dienone is 1. The molecule has 0 N–H and O–H groups in total. The zero-order chi connectivity index (χ0) is 21.3. The first-order valence-electron chi connectivity index (χ1n) is 11.1. The van der Waals surface area contributed by atoms with Gasteiger partial charge < -0.3 is 14.5 Å². The monoisotopic (exact) mass is 411 g/mol. The molecule has 1 amide bonds. The van der Waals surface area contributed by atoms with Crippen molar-refractivity contribution < 1.29 is 14.3 Å². The molecule has 2 fully saturated rings. The first kappa shape index (κ1) is 21.1. The molecule has 0 aliphatic carbocycles. The summed E-state index contributed by atoms with van der Waals surface area (Å²) in [6, 6.07) is 8.13. The van der Waals surface area contributed by atoms with Gasteiger partial charge >= 0.3 is 0 Å². The molecule has 2 saturated heterocycles. The minimum Gasteiger partial charge on any atom is -0.378 e. The Hall–Kier alpha value is -2.18. The number of piperidine rings is 1. The van der Waals surface area contributed by atoms with E-state index in [0.717, 1.165) is 37.2 Å². The minimum absolute atomic E-state index is 0.0689. The maximum atomic E-state index is 13.1. The molecule has 1 atom stereocenters. The molecule has 4 rings (SSSR count). The fraction of sp³-hybridized carbons (Fsp3) is 0.583. The Kier molecular flexibility index (Phi) is 5.98. The lowest BCUT2D eigenvalue weighted by molar-refractivity contribution is -0.142. The van der Waals surface area contributed by atoms with E-state index in [4.69, 9.17) is 4.74 Å². The highest BCUT2D eigenvalue weighted by Gasteiger charge is 2.39. The second-order valence-electron chi connectivity index (χ2n) is 9.12. The van der Waals surface area contributed by atoms with E-state index < -0.39 is 0 Å². The molecule has 0 spiro atoms. The maximum absolute atomic E-state index is 13.1. The number of rotatable bonds is 4. The fourth-order valence-electron chi connectivity index (χ4n) is 5.11. The molecule has 162 valence electrons. The number of carbonyl (C=O) groups excluding carboxylic acids is 2. The summed E-state index contributed by atoms with van der Waals surface area (Å²) in [6.45, 7) is 7.94. The van der Waals surface area contributed by atoms with Crippen LogP contribution in [0.4, 0.5) is 5.69 Å². The van der Waals surface area contributed by atoms with Gasteiger partial charge in [-0.05, 0) is 31.0 Å². The number of anilines is 1. The lowest BCUT2D eigenvalue weighted by Crippen LogP contribution is -2.54. The predicted molar refractivity (Wildman–Crippen MR) is 118 cm³/mol. The fourth-order valence-corrected chi connectivity index (χ4v) is 5.11. The van der Waals surface area contributed by atoms with Gasteiger partial charge in [0, 0.05) is 43.0 Å². The molecule has 0 saturated carbocycles. The van der Waals surface area contributed by atoms with Gasteiger partial charge in [-0.25, -0.2) is 0 Å². The summed E-state index contributed by atoms with van der Waals surface area (Å²) in [5.41, 5.74) is 3.19. The number of amides is 1. The molecule has 3 heterocycles. The van der Waals surface area contributed by atoms with E-state index in [1.54, 1.807) is 6.08 Å². The Morgan fingerprint density at radius 3 is 2.60 bits per heavy atom. The zero-order valence-electron chi connectivity index (χ0n) is 18.4. The van der Waals surface area contributed by atoms with Crippen molar-refractivity contribution in [2.75, 3.05) is 51.3 Å². The number of ether oxygens (including phenoxy) is 1. The molecular weight excluding hydrogens is 378 g/mol. The molecule has 0 radical (unpaired) electrons. The molecule has 1 aromatic rings. The van der Waals surface area contributed by atoms with Crippen LogP contribution in [0.3, 0.4) is 0 Å². The van der Waals surface area contributed by atoms with E-state index in [9.17, 15) is 9.59 Å². The lowest BCUT2D eigenvalue weighted by atomic mass is 9.83. The Morgan fingerprint density at radius 2 is 1.87 bits per heavy atom. The third kappa shape index (κ3) is 3.91. The summed E-state index contributed by atoms with van der Waals surface area (Å²) in [6.07, 6.45) is 4.70. The third-order valence-corrected chi connectivity index (χ3v) is 6.82. The molecule has 0 aromatic heterocycles. The van der Waals surface area contributed by atoms with Crippen LogP contribution in [0.15, 0.2) is 36.0 Å². The van der Waals surface area contributed by atoms with Crippen LogP contribution in [0.1, 0.15) is 38.7 Å². The summed E-state index contributed by atoms with van der Waals surface area (Å²) in [5.74, 6) is 0.226. The third-order valence-electron chi connectivity index (χ3n) is 6.82. The van der Waals surface area contributed by atoms with Crippen LogP contribution >= 0.6 is 0 Å². The molecular formula is C24H33N3O3. The smallest absolute Gasteiger partial charge is 0.240 e. The Morgan fingerprint density at radius 1 is 1.13 bits per heavy atom. The number of ketones is 1. The summed E-state index contributed by atoms with van der Waals surface area (Å²) < 4.78 is 5.39. The molecule has 30 heavy (non-hydrogen) atoms. The molecule has 0 bridgehead atoms. The van der Waals surface area contributed by atoms with E-state index in [1.807, 2.05) is 18.0 Å². The van der Waals surface area contributed by atoms with Crippen LogP contribution in [0, 0.1) is 0 Å². The molecule has 3 aliphatic heterocycles. The van der Waals surface area contributed by atoms with Crippen LogP contribution in [-0.4, -0.2) is 74.0 Å². The van der Waals surface area contributed by atoms with Crippen LogP contribution < -0.4 is 4.90 Å². The van der Waals surface area contributed by atoms with Gasteiger partial charge in [-0.1, -0.05) is 38.5 Å². The van der Waals surface area contributed by atoms with Crippen molar-refractivity contribution in [3.8, 4) is 0 Å². The number of carbonyl (C=O) groups is 2. The average molecular weight is 412 g/mol. The molecule has 3 aliphatic rings. The van der Waals surface area contributed by atoms with E-state index in [2.05, 4.69) is 41.8 Å². The second kappa shape index (κ2) is 8.52. The average Bonchev–Trinajstić information content (AvgIpc) is 2.95. The number of morpholine rings is 1. The lowest BCUT2D eigenvalue weighted by Gasteiger charge is -2.38. The normalized spacial score (nSPS) is 25.4. The first-order valence-corrected chi connectivity index (χ1v) is 11.1. The van der Waals surface area contributed by atoms with E-state index >= 15 is 0 Å². The second-order valence-corrected chi connectivity index (χ2v) is 9.12. The number of likely N-dealkylation sites (N-methyl/N-ethyl adjacent to an activating group) is 1. The molecule has 1 aromatic carbocycles. The standard InChI is InChI=1S/C24H33N3O3/c1-24(2)19-8-4-5-9-20(19)25(3)22(24)16-18(28)17-27-11-7-6-10-21(27)23(29)26-12-14-30-15-13-26/h4-5,8-9,16,21H,6-7,10-15,17H2,1-3H3/b22-16-. The van der Waals surface area contributed by atoms with Crippen molar-refractivity contribution in [1.82, 2.24) is 9.80 Å². The maximum Gasteiger partial charge on any atom is 0.240 e. The Labute approximate surface area is 179 Å². The van der Waals surface area contributed by atoms with Gasteiger partial charge in [-0.2, -0.15) is 0 Å². The Bertz CT molecular complexity index is 842. The molecule has 6 nitrogen and oxygen atoms in total. The van der Waals surface area contributed by atoms with Crippen LogP contribution in [0.5, 0.6) is 0 Å². The van der Waals surface area contributed by atoms with Gasteiger partial charge in [0.1, 0.15) is 0 Å². The van der Waals surface area contributed by atoms with Gasteiger partial charge in [0.25, 0.3) is 0 Å². The highest BCUT2D eigenvalue weighted by Crippen LogP contribution is 2.46. The minimum atomic E-state index is -0.216. The van der Waals surface area contributed by atoms with Crippen LogP contribution in [-0.2, 0) is 19.7 Å². The number of benzene rings is 1. The van der Waals surface area contributed by atoms with Crippen molar-refractivity contribution in [2.45, 2.75) is 44.6 Å². The number of nitrogens with zero attached hydrogens (tertiary/aromatic N) is 3. The number of likely N-dealkylation sites (tertiary alicyclic amines) is 1. The van der Waals surface area contributed by atoms with Gasteiger partial charge in [-0.3, -0.25) is 14.5 Å². The number of fused-ring (bicyclic) bond motifs is 1. The van der Waals surface area contributed by atoms with Gasteiger partial charge in [0.2, 0.25) is 5.91 Å². The van der Waals surface area contributed by atoms with Crippen molar-refractivity contribution in [3.05, 3.63) is 41.6 Å². The quantitative estimate of drug-likeness (QED) is 0.713. The summed E-state index contributed by atoms with van der Waals surface area (Å²) in [7, 11) is 2.03. The zero-order valence-corrected chi connectivity index (χ0v) is 18.4.